The summed E-state index contributed by atoms with van der Waals surface area (Å²) in [5, 5.41) is 8.09. The highest BCUT2D eigenvalue weighted by atomic mass is 16.2. The highest BCUT2D eigenvalue weighted by molar-refractivity contribution is 5.83. The molecule has 2 atom stereocenters. The number of likely N-dealkylation sites (tertiary alicyclic amines) is 1. The van der Waals surface area contributed by atoms with Gasteiger partial charge in [-0.3, -0.25) is 10.1 Å². The molecular formula is C19H25N5O. The molecule has 6 heteroatoms. The van der Waals surface area contributed by atoms with E-state index in [0.717, 1.165) is 62.5 Å². The van der Waals surface area contributed by atoms with E-state index < -0.39 is 0 Å². The van der Waals surface area contributed by atoms with Crippen molar-refractivity contribution in [1.29, 1.82) is 0 Å². The normalized spacial score (nSPS) is 21.2. The van der Waals surface area contributed by atoms with E-state index in [4.69, 9.17) is 0 Å². The zero-order valence-electron chi connectivity index (χ0n) is 14.7. The van der Waals surface area contributed by atoms with Gasteiger partial charge in [-0.25, -0.2) is 9.67 Å². The Balaban J connectivity index is 1.53. The van der Waals surface area contributed by atoms with Crippen molar-refractivity contribution in [3.63, 3.8) is 0 Å². The van der Waals surface area contributed by atoms with E-state index in [1.54, 1.807) is 0 Å². The Hall–Kier alpha value is -2.21. The number of hydrogen-bond acceptors (Lipinski definition) is 4. The third kappa shape index (κ3) is 3.44. The summed E-state index contributed by atoms with van der Waals surface area (Å²) < 4.78 is 1.99. The van der Waals surface area contributed by atoms with Crippen LogP contribution in [0.1, 0.15) is 42.5 Å². The smallest absolute Gasteiger partial charge is 0.244 e. The zero-order valence-corrected chi connectivity index (χ0v) is 14.7. The summed E-state index contributed by atoms with van der Waals surface area (Å²) in [6.07, 6.45) is 4.10. The summed E-state index contributed by atoms with van der Waals surface area (Å²) >= 11 is 0. The molecule has 1 saturated heterocycles. The van der Waals surface area contributed by atoms with Crippen LogP contribution in [0.15, 0.2) is 30.3 Å². The van der Waals surface area contributed by atoms with E-state index in [2.05, 4.69) is 15.4 Å². The number of aryl methyl sites for hydroxylation is 2. The second-order valence-electron chi connectivity index (χ2n) is 7.04. The average molecular weight is 339 g/mol. The molecule has 1 fully saturated rings. The largest absolute Gasteiger partial charge is 0.341 e. The van der Waals surface area contributed by atoms with Crippen LogP contribution in [0.4, 0.5) is 0 Å². The minimum absolute atomic E-state index is 0.198. The number of nitrogens with zero attached hydrogens (tertiary/aromatic N) is 4. The SMILES string of the molecule is Cc1nc2n(n1)C[C@H](N[C@@H](C(=O)N1CCCC1)c1ccccc1)CC2. The zero-order chi connectivity index (χ0) is 17.2. The fraction of sp³-hybridized carbons (Fsp3) is 0.526. The maximum Gasteiger partial charge on any atom is 0.244 e. The summed E-state index contributed by atoms with van der Waals surface area (Å²) in [4.78, 5) is 19.6. The van der Waals surface area contributed by atoms with Crippen LogP contribution >= 0.6 is 0 Å². The minimum Gasteiger partial charge on any atom is -0.341 e. The number of benzene rings is 1. The maximum absolute atomic E-state index is 13.1. The van der Waals surface area contributed by atoms with E-state index >= 15 is 0 Å². The van der Waals surface area contributed by atoms with Gasteiger partial charge in [0.05, 0.1) is 6.54 Å². The van der Waals surface area contributed by atoms with E-state index in [0.29, 0.717) is 0 Å². The van der Waals surface area contributed by atoms with Crippen LogP contribution in [-0.2, 0) is 17.8 Å². The second-order valence-corrected chi connectivity index (χ2v) is 7.04. The van der Waals surface area contributed by atoms with Crippen molar-refractivity contribution < 1.29 is 4.79 Å². The standard InChI is InChI=1S/C19H25N5O/c1-14-20-17-10-9-16(13-24(17)22-14)21-18(15-7-3-2-4-8-15)19(25)23-11-5-6-12-23/h2-4,7-8,16,18,21H,5-6,9-13H2,1H3/t16-,18-/m1/s1. The molecule has 0 unspecified atom stereocenters. The molecule has 2 aromatic rings. The van der Waals surface area contributed by atoms with Crippen molar-refractivity contribution in [3.05, 3.63) is 47.5 Å². The van der Waals surface area contributed by atoms with Gasteiger partial charge >= 0.3 is 0 Å². The van der Waals surface area contributed by atoms with Crippen LogP contribution in [0.5, 0.6) is 0 Å². The first-order valence-corrected chi connectivity index (χ1v) is 9.21. The van der Waals surface area contributed by atoms with Crippen molar-refractivity contribution in [2.24, 2.45) is 0 Å². The molecule has 2 aliphatic heterocycles. The summed E-state index contributed by atoms with van der Waals surface area (Å²) in [5.74, 6) is 2.07. The van der Waals surface area contributed by atoms with E-state index in [9.17, 15) is 4.79 Å². The third-order valence-electron chi connectivity index (χ3n) is 5.16. The Kier molecular flexibility index (Phi) is 4.53. The van der Waals surface area contributed by atoms with Crippen molar-refractivity contribution in [3.8, 4) is 0 Å². The molecule has 4 rings (SSSR count). The number of fused-ring (bicyclic) bond motifs is 1. The van der Waals surface area contributed by atoms with Crippen molar-refractivity contribution in [2.45, 2.75) is 51.2 Å². The number of aromatic nitrogens is 3. The lowest BCUT2D eigenvalue weighted by molar-refractivity contribution is -0.132. The maximum atomic E-state index is 13.1. The van der Waals surface area contributed by atoms with Crippen LogP contribution in [0, 0.1) is 6.92 Å². The van der Waals surface area contributed by atoms with E-state index in [-0.39, 0.29) is 18.0 Å². The van der Waals surface area contributed by atoms with Crippen LogP contribution in [-0.4, -0.2) is 44.7 Å². The Morgan fingerprint density at radius 2 is 2.00 bits per heavy atom. The molecule has 0 bridgehead atoms. The highest BCUT2D eigenvalue weighted by Crippen LogP contribution is 2.22. The van der Waals surface area contributed by atoms with Crippen LogP contribution in [0.3, 0.4) is 0 Å². The minimum atomic E-state index is -0.282. The molecule has 25 heavy (non-hydrogen) atoms. The lowest BCUT2D eigenvalue weighted by atomic mass is 10.0. The lowest BCUT2D eigenvalue weighted by Gasteiger charge is -2.30. The predicted octanol–water partition coefficient (Wildman–Crippen LogP) is 1.85. The predicted molar refractivity (Wildman–Crippen MR) is 95.0 cm³/mol. The fourth-order valence-electron chi connectivity index (χ4n) is 3.88. The van der Waals surface area contributed by atoms with Gasteiger partial charge in [0.1, 0.15) is 17.7 Å². The Labute approximate surface area is 148 Å². The number of amides is 1. The lowest BCUT2D eigenvalue weighted by Crippen LogP contribution is -2.46. The molecule has 0 saturated carbocycles. The third-order valence-corrected chi connectivity index (χ3v) is 5.16. The monoisotopic (exact) mass is 339 g/mol. The molecule has 1 N–H and O–H groups in total. The highest BCUT2D eigenvalue weighted by Gasteiger charge is 2.31. The molecule has 1 amide bonds. The van der Waals surface area contributed by atoms with Crippen LogP contribution in [0.25, 0.3) is 0 Å². The Bertz CT molecular complexity index is 736. The molecule has 1 aromatic heterocycles. The molecule has 0 radical (unpaired) electrons. The van der Waals surface area contributed by atoms with Gasteiger partial charge in [0.25, 0.3) is 0 Å². The van der Waals surface area contributed by atoms with Gasteiger partial charge in [-0.2, -0.15) is 5.10 Å². The molecule has 6 nitrogen and oxygen atoms in total. The first-order chi connectivity index (χ1) is 12.2. The summed E-state index contributed by atoms with van der Waals surface area (Å²) in [6.45, 7) is 4.45. The number of carbonyl (C=O) groups excluding carboxylic acids is 1. The number of hydrogen-bond donors (Lipinski definition) is 1. The number of carbonyl (C=O) groups is 1. The fourth-order valence-corrected chi connectivity index (χ4v) is 3.88. The van der Waals surface area contributed by atoms with E-state index in [1.165, 1.54) is 0 Å². The molecule has 3 heterocycles. The summed E-state index contributed by atoms with van der Waals surface area (Å²) in [7, 11) is 0. The number of nitrogens with one attached hydrogen (secondary N) is 1. The van der Waals surface area contributed by atoms with Gasteiger partial charge in [0, 0.05) is 25.6 Å². The molecule has 1 aromatic carbocycles. The molecular weight excluding hydrogens is 314 g/mol. The quantitative estimate of drug-likeness (QED) is 0.923. The van der Waals surface area contributed by atoms with Crippen LogP contribution < -0.4 is 5.32 Å². The van der Waals surface area contributed by atoms with E-state index in [1.807, 2.05) is 46.8 Å². The van der Waals surface area contributed by atoms with Gasteiger partial charge < -0.3 is 4.90 Å². The van der Waals surface area contributed by atoms with Crippen molar-refractivity contribution >= 4 is 5.91 Å². The first kappa shape index (κ1) is 16.3. The molecule has 2 aliphatic rings. The second kappa shape index (κ2) is 6.96. The molecule has 0 aliphatic carbocycles. The first-order valence-electron chi connectivity index (χ1n) is 9.21. The van der Waals surface area contributed by atoms with Gasteiger partial charge in [0.2, 0.25) is 5.91 Å². The van der Waals surface area contributed by atoms with Gasteiger partial charge in [-0.15, -0.1) is 0 Å². The van der Waals surface area contributed by atoms with Crippen LogP contribution in [0.2, 0.25) is 0 Å². The van der Waals surface area contributed by atoms with Crippen molar-refractivity contribution in [1.82, 2.24) is 25.0 Å². The van der Waals surface area contributed by atoms with Crippen molar-refractivity contribution in [2.75, 3.05) is 13.1 Å². The van der Waals surface area contributed by atoms with Gasteiger partial charge in [0.15, 0.2) is 0 Å². The summed E-state index contributed by atoms with van der Waals surface area (Å²) in [5.41, 5.74) is 1.04. The molecule has 0 spiro atoms. The Morgan fingerprint density at radius 3 is 2.76 bits per heavy atom. The topological polar surface area (TPSA) is 63.1 Å². The Morgan fingerprint density at radius 1 is 1.24 bits per heavy atom. The van der Waals surface area contributed by atoms with Gasteiger partial charge in [-0.1, -0.05) is 30.3 Å². The summed E-state index contributed by atoms with van der Waals surface area (Å²) in [6, 6.07) is 10.0. The number of rotatable bonds is 4. The van der Waals surface area contributed by atoms with Gasteiger partial charge in [-0.05, 0) is 31.7 Å². The average Bonchev–Trinajstić information content (AvgIpc) is 3.28. The molecule has 132 valence electrons.